The molecule has 0 unspecified atom stereocenters. The molecule has 8 heteroatoms. The smallest absolute Gasteiger partial charge is 0.254 e. The molecule has 2 aliphatic rings. The van der Waals surface area contributed by atoms with Crippen molar-refractivity contribution in [2.45, 2.75) is 39.5 Å². The van der Waals surface area contributed by atoms with Crippen LogP contribution in [0.2, 0.25) is 0 Å². The molecule has 0 aromatic carbocycles. The first-order chi connectivity index (χ1) is 14.6. The van der Waals surface area contributed by atoms with Crippen molar-refractivity contribution in [3.05, 3.63) is 39.0 Å². The fourth-order valence-corrected chi connectivity index (χ4v) is 5.68. The maximum atomic E-state index is 12.1. The van der Waals surface area contributed by atoms with Crippen molar-refractivity contribution in [1.29, 1.82) is 5.26 Å². The molecule has 158 valence electrons. The van der Waals surface area contributed by atoms with Crippen molar-refractivity contribution in [3.63, 3.8) is 0 Å². The highest BCUT2D eigenvalue weighted by atomic mass is 32.1. The minimum atomic E-state index is -0.125. The van der Waals surface area contributed by atoms with E-state index in [0.29, 0.717) is 19.8 Å². The van der Waals surface area contributed by atoms with Gasteiger partial charge in [0.05, 0.1) is 31.5 Å². The van der Waals surface area contributed by atoms with Gasteiger partial charge in [0, 0.05) is 34.9 Å². The third-order valence-corrected chi connectivity index (χ3v) is 7.08. The molecule has 0 atom stereocenters. The summed E-state index contributed by atoms with van der Waals surface area (Å²) in [5, 5.41) is 15.0. The van der Waals surface area contributed by atoms with Crippen LogP contribution in [0.25, 0.3) is 5.00 Å². The fourth-order valence-electron chi connectivity index (χ4n) is 4.23. The third kappa shape index (κ3) is 4.19. The number of fused-ring (bicyclic) bond motifs is 1. The zero-order chi connectivity index (χ0) is 21.1. The van der Waals surface area contributed by atoms with Crippen molar-refractivity contribution >= 4 is 23.5 Å². The standard InChI is InChI=1S/C22H27N5O2S/c1-15-11-17(13-24-25-21(28)14-26-7-9-29-10-8-26)16(2)27(15)22-19(12-23)18-5-3-4-6-20(18)30-22/h11,13H,3-10,14H2,1-2H3,(H,25,28). The van der Waals surface area contributed by atoms with E-state index in [-0.39, 0.29) is 5.91 Å². The van der Waals surface area contributed by atoms with Gasteiger partial charge in [0.2, 0.25) is 0 Å². The molecular formula is C22H27N5O2S. The van der Waals surface area contributed by atoms with Gasteiger partial charge in [-0.1, -0.05) is 0 Å². The highest BCUT2D eigenvalue weighted by Gasteiger charge is 2.23. The number of nitrogens with zero attached hydrogens (tertiary/aromatic N) is 4. The van der Waals surface area contributed by atoms with E-state index in [4.69, 9.17) is 4.74 Å². The number of aryl methyl sites for hydroxylation is 2. The van der Waals surface area contributed by atoms with Gasteiger partial charge in [0.15, 0.2) is 0 Å². The van der Waals surface area contributed by atoms with Crippen LogP contribution in [-0.4, -0.2) is 54.4 Å². The molecule has 1 saturated heterocycles. The van der Waals surface area contributed by atoms with Gasteiger partial charge in [-0.25, -0.2) is 5.43 Å². The van der Waals surface area contributed by atoms with Gasteiger partial charge in [0.25, 0.3) is 5.91 Å². The summed E-state index contributed by atoms with van der Waals surface area (Å²) in [4.78, 5) is 15.5. The first-order valence-electron chi connectivity index (χ1n) is 10.4. The van der Waals surface area contributed by atoms with Gasteiger partial charge in [0.1, 0.15) is 11.1 Å². The topological polar surface area (TPSA) is 82.7 Å². The van der Waals surface area contributed by atoms with E-state index >= 15 is 0 Å². The van der Waals surface area contributed by atoms with Crippen LogP contribution in [0.15, 0.2) is 11.2 Å². The average molecular weight is 426 g/mol. The Kier molecular flexibility index (Phi) is 6.32. The Morgan fingerprint density at radius 3 is 2.87 bits per heavy atom. The summed E-state index contributed by atoms with van der Waals surface area (Å²) in [6, 6.07) is 4.50. The Hall–Kier alpha value is -2.47. The lowest BCUT2D eigenvalue weighted by molar-refractivity contribution is -0.123. The number of hydrogen-bond acceptors (Lipinski definition) is 6. The monoisotopic (exact) mass is 425 g/mol. The largest absolute Gasteiger partial charge is 0.379 e. The van der Waals surface area contributed by atoms with Crippen LogP contribution in [0.1, 0.15) is 45.8 Å². The first-order valence-corrected chi connectivity index (χ1v) is 11.3. The van der Waals surface area contributed by atoms with Gasteiger partial charge in [-0.2, -0.15) is 10.4 Å². The summed E-state index contributed by atoms with van der Waals surface area (Å²) >= 11 is 1.74. The second-order valence-electron chi connectivity index (χ2n) is 7.85. The Bertz CT molecular complexity index is 1010. The quantitative estimate of drug-likeness (QED) is 0.590. The maximum Gasteiger partial charge on any atom is 0.254 e. The lowest BCUT2D eigenvalue weighted by Crippen LogP contribution is -2.42. The summed E-state index contributed by atoms with van der Waals surface area (Å²) in [7, 11) is 0. The predicted octanol–water partition coefficient (Wildman–Crippen LogP) is 2.69. The Morgan fingerprint density at radius 2 is 2.10 bits per heavy atom. The van der Waals surface area contributed by atoms with Crippen LogP contribution in [0.3, 0.4) is 0 Å². The van der Waals surface area contributed by atoms with Crippen LogP contribution < -0.4 is 5.43 Å². The lowest BCUT2D eigenvalue weighted by atomic mass is 9.96. The maximum absolute atomic E-state index is 12.1. The minimum absolute atomic E-state index is 0.125. The molecule has 30 heavy (non-hydrogen) atoms. The normalized spacial score (nSPS) is 17.1. The highest BCUT2D eigenvalue weighted by Crippen LogP contribution is 2.38. The second-order valence-corrected chi connectivity index (χ2v) is 8.93. The number of carbonyl (C=O) groups is 1. The molecule has 1 amide bonds. The molecule has 7 nitrogen and oxygen atoms in total. The van der Waals surface area contributed by atoms with Crippen LogP contribution in [0.5, 0.6) is 0 Å². The molecule has 1 N–H and O–H groups in total. The number of nitriles is 1. The van der Waals surface area contributed by atoms with E-state index in [1.54, 1.807) is 17.6 Å². The number of carbonyl (C=O) groups excluding carboxylic acids is 1. The number of rotatable bonds is 5. The fraction of sp³-hybridized carbons (Fsp3) is 0.500. The van der Waals surface area contributed by atoms with Crippen molar-refractivity contribution in [3.8, 4) is 11.1 Å². The number of morpholine rings is 1. The molecule has 0 spiro atoms. The zero-order valence-electron chi connectivity index (χ0n) is 17.5. The lowest BCUT2D eigenvalue weighted by Gasteiger charge is -2.25. The second kappa shape index (κ2) is 9.13. The van der Waals surface area contributed by atoms with E-state index in [9.17, 15) is 10.1 Å². The van der Waals surface area contributed by atoms with Gasteiger partial charge < -0.3 is 9.30 Å². The molecule has 1 aliphatic heterocycles. The number of hydrogen-bond donors (Lipinski definition) is 1. The molecule has 2 aromatic rings. The molecule has 1 aliphatic carbocycles. The summed E-state index contributed by atoms with van der Waals surface area (Å²) in [6.07, 6.45) is 6.11. The van der Waals surface area contributed by atoms with Crippen molar-refractivity contribution in [1.82, 2.24) is 14.9 Å². The van der Waals surface area contributed by atoms with Crippen molar-refractivity contribution < 1.29 is 9.53 Å². The zero-order valence-corrected chi connectivity index (χ0v) is 18.3. The van der Waals surface area contributed by atoms with Gasteiger partial charge in [-0.3, -0.25) is 9.69 Å². The molecular weight excluding hydrogens is 398 g/mol. The number of aromatic nitrogens is 1. The summed E-state index contributed by atoms with van der Waals surface area (Å²) < 4.78 is 7.45. The predicted molar refractivity (Wildman–Crippen MR) is 117 cm³/mol. The molecule has 2 aromatic heterocycles. The number of nitrogens with one attached hydrogen (secondary N) is 1. The Balaban J connectivity index is 1.50. The summed E-state index contributed by atoms with van der Waals surface area (Å²) in [5.74, 6) is -0.125. The van der Waals surface area contributed by atoms with E-state index in [2.05, 4.69) is 26.1 Å². The van der Waals surface area contributed by atoms with Gasteiger partial charge in [-0.15, -0.1) is 11.3 Å². The Labute approximate surface area is 180 Å². The summed E-state index contributed by atoms with van der Waals surface area (Å²) in [6.45, 7) is 7.27. The molecule has 4 rings (SSSR count). The van der Waals surface area contributed by atoms with Crippen LogP contribution in [-0.2, 0) is 22.4 Å². The van der Waals surface area contributed by atoms with E-state index < -0.39 is 0 Å². The van der Waals surface area contributed by atoms with Crippen LogP contribution in [0.4, 0.5) is 0 Å². The van der Waals surface area contributed by atoms with E-state index in [1.165, 1.54) is 16.9 Å². The van der Waals surface area contributed by atoms with Crippen molar-refractivity contribution in [2.24, 2.45) is 5.10 Å². The van der Waals surface area contributed by atoms with Crippen molar-refractivity contribution in [2.75, 3.05) is 32.8 Å². The van der Waals surface area contributed by atoms with Gasteiger partial charge in [-0.05, 0) is 51.2 Å². The number of thiophene rings is 1. The number of hydrazone groups is 1. The van der Waals surface area contributed by atoms with Gasteiger partial charge >= 0.3 is 0 Å². The van der Waals surface area contributed by atoms with E-state index in [0.717, 1.165) is 59.9 Å². The highest BCUT2D eigenvalue weighted by molar-refractivity contribution is 7.15. The molecule has 1 fully saturated rings. The van der Waals surface area contributed by atoms with Crippen LogP contribution >= 0.6 is 11.3 Å². The summed E-state index contributed by atoms with van der Waals surface area (Å²) in [5.41, 5.74) is 7.70. The molecule has 0 bridgehead atoms. The first kappa shape index (κ1) is 20.8. The van der Waals surface area contributed by atoms with E-state index in [1.807, 2.05) is 19.9 Å². The third-order valence-electron chi connectivity index (χ3n) is 5.80. The number of amides is 1. The molecule has 0 saturated carbocycles. The Morgan fingerprint density at radius 1 is 1.33 bits per heavy atom. The SMILES string of the molecule is Cc1cc(C=NNC(=O)CN2CCOCC2)c(C)n1-c1sc2c(c1C#N)CCCC2. The molecule has 3 heterocycles. The average Bonchev–Trinajstić information content (AvgIpc) is 3.24. The van der Waals surface area contributed by atoms with Crippen LogP contribution in [0, 0.1) is 25.2 Å². The number of ether oxygens (including phenoxy) is 1. The molecule has 0 radical (unpaired) electrons. The minimum Gasteiger partial charge on any atom is -0.379 e.